The largest absolute Gasteiger partial charge is 0.508 e. The van der Waals surface area contributed by atoms with Crippen molar-refractivity contribution in [3.8, 4) is 34.3 Å². The molecule has 2 aliphatic rings. The molecule has 3 heterocycles. The minimum absolute atomic E-state index is 0.0866. The molecule has 10 atom stereocenters. The van der Waals surface area contributed by atoms with Gasteiger partial charge in [-0.3, -0.25) is 4.79 Å². The molecule has 5 rings (SSSR count). The summed E-state index contributed by atoms with van der Waals surface area (Å²) in [6, 6.07) is 6.54. The number of rotatable bonds is 7. The fourth-order valence-electron chi connectivity index (χ4n) is 5.42. The van der Waals surface area contributed by atoms with Crippen LogP contribution in [0, 0.1) is 0 Å². The molecule has 0 aliphatic carbocycles. The van der Waals surface area contributed by atoms with Gasteiger partial charge in [0.1, 0.15) is 58.7 Å². The monoisotopic (exact) mass is 646 g/mol. The second-order valence-electron chi connectivity index (χ2n) is 11.8. The molecular weight excluding hydrogens is 608 g/mol. The van der Waals surface area contributed by atoms with Crippen LogP contribution in [0.3, 0.4) is 0 Å². The minimum Gasteiger partial charge on any atom is -0.508 e. The number of aliphatic hydroxyl groups is 5. The van der Waals surface area contributed by atoms with Gasteiger partial charge in [0.05, 0.1) is 12.2 Å². The Balaban J connectivity index is 1.65. The molecule has 2 fully saturated rings. The van der Waals surface area contributed by atoms with Gasteiger partial charge in [0.2, 0.25) is 17.5 Å². The SMILES string of the molecule is CC(C)=CCc1c(O)cc(O)c2c(=O)c(O[C@@H]3OC(C)[C@H](O)C(O)[C@@H]3O[C@@H]3OC(C)[C@H](O)C(O)[C@@H]3O)c(-c3ccc(O)cc3)oc12. The van der Waals surface area contributed by atoms with E-state index in [-0.39, 0.29) is 45.8 Å². The third-order valence-electron chi connectivity index (χ3n) is 8.15. The van der Waals surface area contributed by atoms with Crippen molar-refractivity contribution in [1.29, 1.82) is 0 Å². The summed E-state index contributed by atoms with van der Waals surface area (Å²) in [5.41, 5.74) is 0.342. The van der Waals surface area contributed by atoms with Gasteiger partial charge in [0.15, 0.2) is 18.2 Å². The van der Waals surface area contributed by atoms with E-state index in [1.165, 1.54) is 38.1 Å². The van der Waals surface area contributed by atoms with Gasteiger partial charge in [-0.1, -0.05) is 11.6 Å². The molecule has 0 saturated carbocycles. The Bertz CT molecular complexity index is 1650. The molecule has 4 unspecified atom stereocenters. The number of aliphatic hydroxyl groups excluding tert-OH is 5. The maximum Gasteiger partial charge on any atom is 0.239 e. The fourth-order valence-corrected chi connectivity index (χ4v) is 5.42. The van der Waals surface area contributed by atoms with Crippen LogP contribution < -0.4 is 10.2 Å². The summed E-state index contributed by atoms with van der Waals surface area (Å²) in [7, 11) is 0. The summed E-state index contributed by atoms with van der Waals surface area (Å²) in [6.07, 6.45) is -13.2. The van der Waals surface area contributed by atoms with Gasteiger partial charge >= 0.3 is 0 Å². The van der Waals surface area contributed by atoms with Gasteiger partial charge in [-0.15, -0.1) is 0 Å². The molecule has 250 valence electrons. The number of hydrogen-bond donors (Lipinski definition) is 8. The second-order valence-corrected chi connectivity index (χ2v) is 11.8. The van der Waals surface area contributed by atoms with E-state index in [9.17, 15) is 45.6 Å². The van der Waals surface area contributed by atoms with Gasteiger partial charge in [0.25, 0.3) is 0 Å². The highest BCUT2D eigenvalue weighted by molar-refractivity contribution is 5.91. The summed E-state index contributed by atoms with van der Waals surface area (Å²) in [6.45, 7) is 6.55. The zero-order valence-electron chi connectivity index (χ0n) is 25.5. The Morgan fingerprint density at radius 1 is 0.826 bits per heavy atom. The van der Waals surface area contributed by atoms with Crippen molar-refractivity contribution in [3.63, 3.8) is 0 Å². The van der Waals surface area contributed by atoms with Crippen molar-refractivity contribution in [2.75, 3.05) is 0 Å². The highest BCUT2D eigenvalue weighted by Gasteiger charge is 2.50. The van der Waals surface area contributed by atoms with E-state index < -0.39 is 78.3 Å². The summed E-state index contributed by atoms with van der Waals surface area (Å²) < 4.78 is 29.4. The zero-order chi connectivity index (χ0) is 33.6. The van der Waals surface area contributed by atoms with E-state index in [4.69, 9.17) is 23.4 Å². The van der Waals surface area contributed by atoms with Crippen molar-refractivity contribution in [1.82, 2.24) is 0 Å². The molecule has 46 heavy (non-hydrogen) atoms. The minimum atomic E-state index is -1.78. The number of fused-ring (bicyclic) bond motifs is 1. The van der Waals surface area contributed by atoms with Crippen LogP contribution in [0.15, 0.2) is 51.2 Å². The molecule has 8 N–H and O–H groups in total. The maximum atomic E-state index is 14.2. The molecule has 14 nitrogen and oxygen atoms in total. The van der Waals surface area contributed by atoms with Gasteiger partial charge < -0.3 is 64.2 Å². The summed E-state index contributed by atoms with van der Waals surface area (Å²) in [5.74, 6) is -1.73. The first-order valence-corrected chi connectivity index (χ1v) is 14.7. The number of hydrogen-bond acceptors (Lipinski definition) is 14. The summed E-state index contributed by atoms with van der Waals surface area (Å²) in [5, 5.41) is 83.6. The predicted molar refractivity (Wildman–Crippen MR) is 160 cm³/mol. The Morgan fingerprint density at radius 2 is 1.43 bits per heavy atom. The van der Waals surface area contributed by atoms with E-state index in [0.29, 0.717) is 0 Å². The molecule has 2 aromatic carbocycles. The maximum absolute atomic E-state index is 14.2. The summed E-state index contributed by atoms with van der Waals surface area (Å²) >= 11 is 0. The van der Waals surface area contributed by atoms with Crippen LogP contribution >= 0.6 is 0 Å². The third kappa shape index (κ3) is 6.30. The lowest BCUT2D eigenvalue weighted by Crippen LogP contribution is -2.63. The Kier molecular flexibility index (Phi) is 9.63. The highest BCUT2D eigenvalue weighted by Crippen LogP contribution is 2.40. The van der Waals surface area contributed by atoms with E-state index in [0.717, 1.165) is 11.6 Å². The first-order chi connectivity index (χ1) is 21.7. The molecule has 0 radical (unpaired) electrons. The number of phenolic OH excluding ortho intramolecular Hbond substituents is 3. The van der Waals surface area contributed by atoms with Crippen LogP contribution in [0.4, 0.5) is 0 Å². The van der Waals surface area contributed by atoms with Gasteiger partial charge in [-0.25, -0.2) is 0 Å². The molecular formula is C32H38O14. The lowest BCUT2D eigenvalue weighted by molar-refractivity contribution is -0.352. The number of ether oxygens (including phenoxy) is 4. The van der Waals surface area contributed by atoms with Crippen LogP contribution in [0.25, 0.3) is 22.3 Å². The van der Waals surface area contributed by atoms with Crippen molar-refractivity contribution < 1.29 is 64.2 Å². The van der Waals surface area contributed by atoms with E-state index in [2.05, 4.69) is 0 Å². The third-order valence-corrected chi connectivity index (χ3v) is 8.15. The summed E-state index contributed by atoms with van der Waals surface area (Å²) in [4.78, 5) is 14.2. The topological polar surface area (TPSA) is 229 Å². The number of phenols is 3. The fraction of sp³-hybridized carbons (Fsp3) is 0.469. The Hall–Kier alpha value is -3.73. The van der Waals surface area contributed by atoms with Crippen LogP contribution in [0.1, 0.15) is 33.3 Å². The number of benzene rings is 2. The lowest BCUT2D eigenvalue weighted by atomic mass is 9.98. The van der Waals surface area contributed by atoms with E-state index in [1.807, 2.05) is 13.8 Å². The molecule has 14 heteroatoms. The van der Waals surface area contributed by atoms with Crippen molar-refractivity contribution >= 4 is 11.0 Å². The first-order valence-electron chi connectivity index (χ1n) is 14.7. The van der Waals surface area contributed by atoms with Gasteiger partial charge in [0, 0.05) is 17.2 Å². The van der Waals surface area contributed by atoms with Crippen molar-refractivity contribution in [2.24, 2.45) is 0 Å². The normalized spacial score (nSPS) is 31.5. The molecule has 3 aromatic rings. The predicted octanol–water partition coefficient (Wildman–Crippen LogP) is 1.14. The van der Waals surface area contributed by atoms with Gasteiger partial charge in [-0.2, -0.15) is 0 Å². The Labute approximate surface area is 262 Å². The van der Waals surface area contributed by atoms with Gasteiger partial charge in [-0.05, 0) is 58.4 Å². The second kappa shape index (κ2) is 13.2. The smallest absolute Gasteiger partial charge is 0.239 e. The van der Waals surface area contributed by atoms with Crippen LogP contribution in [-0.4, -0.2) is 102 Å². The van der Waals surface area contributed by atoms with Crippen LogP contribution in [0.2, 0.25) is 0 Å². The van der Waals surface area contributed by atoms with E-state index in [1.54, 1.807) is 6.08 Å². The first kappa shape index (κ1) is 33.6. The average Bonchev–Trinajstić information content (AvgIpc) is 3.00. The molecule has 2 aliphatic heterocycles. The quantitative estimate of drug-likeness (QED) is 0.168. The Morgan fingerprint density at radius 3 is 2.07 bits per heavy atom. The molecule has 1 aromatic heterocycles. The standard InChI is InChI=1S/C32H38O14/c1-12(2)5-10-17-18(34)11-19(35)20-23(38)29(27(44-28(17)20)15-6-8-16(33)9-7-15)45-32-30(25(40)22(37)14(4)43-32)46-31-26(41)24(39)21(36)13(3)42-31/h5-9,11,13-14,21-22,24-26,30-37,39-41H,10H2,1-4H3/t13?,14?,21-,22-,24?,25?,26-,30-,31-,32-/m0/s1. The van der Waals surface area contributed by atoms with Crippen molar-refractivity contribution in [2.45, 2.75) is 95.5 Å². The van der Waals surface area contributed by atoms with Crippen LogP contribution in [-0.2, 0) is 20.6 Å². The molecule has 0 bridgehead atoms. The van der Waals surface area contributed by atoms with Crippen LogP contribution in [0.5, 0.6) is 23.0 Å². The number of allylic oxidation sites excluding steroid dienone is 2. The molecule has 0 spiro atoms. The average molecular weight is 647 g/mol. The van der Waals surface area contributed by atoms with E-state index >= 15 is 0 Å². The lowest BCUT2D eigenvalue weighted by Gasteiger charge is -2.45. The zero-order valence-corrected chi connectivity index (χ0v) is 25.5. The highest BCUT2D eigenvalue weighted by atomic mass is 16.8. The molecule has 2 saturated heterocycles. The van der Waals surface area contributed by atoms with Crippen molar-refractivity contribution in [3.05, 3.63) is 57.8 Å². The molecule has 0 amide bonds. The number of aromatic hydroxyl groups is 3.